The van der Waals surface area contributed by atoms with Crippen LogP contribution in [0.15, 0.2) is 22.9 Å². The van der Waals surface area contributed by atoms with Gasteiger partial charge in [-0.1, -0.05) is 6.07 Å². The second-order valence-corrected chi connectivity index (χ2v) is 3.69. The van der Waals surface area contributed by atoms with Crippen LogP contribution in [-0.4, -0.2) is 16.2 Å². The number of hydrogen-bond donors (Lipinski definition) is 1. The number of pyridine rings is 1. The fourth-order valence-electron chi connectivity index (χ4n) is 0.930. The van der Waals surface area contributed by atoms with E-state index >= 15 is 0 Å². The predicted molar refractivity (Wildman–Crippen MR) is 51.9 cm³/mol. The molecule has 0 aliphatic carbocycles. The highest BCUT2D eigenvalue weighted by Gasteiger charge is 1.97. The zero-order valence-electron chi connectivity index (χ0n) is 7.00. The average Bonchev–Trinajstić information content (AvgIpc) is 2.03. The lowest BCUT2D eigenvalue weighted by molar-refractivity contribution is 0.185. The van der Waals surface area contributed by atoms with Crippen LogP contribution in [0, 0.1) is 0 Å². The molecule has 0 aliphatic rings. The zero-order valence-corrected chi connectivity index (χ0v) is 8.58. The summed E-state index contributed by atoms with van der Waals surface area (Å²) in [6.45, 7) is 1.80. The largest absolute Gasteiger partial charge is 0.393 e. The maximum atomic E-state index is 9.04. The highest BCUT2D eigenvalue weighted by atomic mass is 79.9. The SMILES string of the molecule is C[C@@H](O)CCc1ccc(Br)nc1. The summed E-state index contributed by atoms with van der Waals surface area (Å²) in [6.07, 6.45) is 3.28. The Bertz CT molecular complexity index is 233. The monoisotopic (exact) mass is 229 g/mol. The van der Waals surface area contributed by atoms with Gasteiger partial charge < -0.3 is 5.11 Å². The fraction of sp³-hybridized carbons (Fsp3) is 0.444. The standard InChI is InChI=1S/C9H12BrNO/c1-7(12)2-3-8-4-5-9(10)11-6-8/h4-7,12H,2-3H2,1H3/t7-/m1/s1. The normalized spacial score (nSPS) is 12.9. The highest BCUT2D eigenvalue weighted by Crippen LogP contribution is 2.08. The number of rotatable bonds is 3. The summed E-state index contributed by atoms with van der Waals surface area (Å²) in [6, 6.07) is 3.93. The van der Waals surface area contributed by atoms with Crippen molar-refractivity contribution in [3.63, 3.8) is 0 Å². The van der Waals surface area contributed by atoms with Gasteiger partial charge in [0, 0.05) is 6.20 Å². The van der Waals surface area contributed by atoms with Crippen LogP contribution in [0.2, 0.25) is 0 Å². The van der Waals surface area contributed by atoms with E-state index in [0.717, 1.165) is 17.4 Å². The lowest BCUT2D eigenvalue weighted by Gasteiger charge is -2.03. The van der Waals surface area contributed by atoms with Gasteiger partial charge >= 0.3 is 0 Å². The van der Waals surface area contributed by atoms with Crippen LogP contribution in [0.1, 0.15) is 18.9 Å². The summed E-state index contributed by atoms with van der Waals surface area (Å²) in [4.78, 5) is 4.09. The summed E-state index contributed by atoms with van der Waals surface area (Å²) < 4.78 is 0.850. The summed E-state index contributed by atoms with van der Waals surface area (Å²) >= 11 is 3.26. The minimum absolute atomic E-state index is 0.228. The lowest BCUT2D eigenvalue weighted by Crippen LogP contribution is -2.01. The number of hydrogen-bond acceptors (Lipinski definition) is 2. The van der Waals surface area contributed by atoms with E-state index in [4.69, 9.17) is 5.11 Å². The van der Waals surface area contributed by atoms with Crippen molar-refractivity contribution in [3.8, 4) is 0 Å². The van der Waals surface area contributed by atoms with Crippen molar-refractivity contribution >= 4 is 15.9 Å². The van der Waals surface area contributed by atoms with Crippen LogP contribution in [0.4, 0.5) is 0 Å². The minimum atomic E-state index is -0.228. The molecule has 0 radical (unpaired) electrons. The first-order valence-corrected chi connectivity index (χ1v) is 4.76. The second kappa shape index (κ2) is 4.58. The van der Waals surface area contributed by atoms with Crippen molar-refractivity contribution in [2.45, 2.75) is 25.9 Å². The first-order chi connectivity index (χ1) is 5.68. The molecule has 0 fully saturated rings. The molecule has 2 nitrogen and oxygen atoms in total. The first-order valence-electron chi connectivity index (χ1n) is 3.97. The van der Waals surface area contributed by atoms with Crippen molar-refractivity contribution in [3.05, 3.63) is 28.5 Å². The molecule has 3 heteroatoms. The van der Waals surface area contributed by atoms with Gasteiger partial charge in [-0.3, -0.25) is 0 Å². The Kier molecular flexibility index (Phi) is 3.69. The molecule has 0 amide bonds. The van der Waals surface area contributed by atoms with E-state index in [2.05, 4.69) is 20.9 Å². The van der Waals surface area contributed by atoms with Gasteiger partial charge in [0.2, 0.25) is 0 Å². The van der Waals surface area contributed by atoms with Gasteiger partial charge in [0.15, 0.2) is 0 Å². The molecule has 0 unspecified atom stereocenters. The summed E-state index contributed by atoms with van der Waals surface area (Å²) in [7, 11) is 0. The van der Waals surface area contributed by atoms with Crippen LogP contribution < -0.4 is 0 Å². The zero-order chi connectivity index (χ0) is 8.97. The van der Waals surface area contributed by atoms with Gasteiger partial charge in [0.25, 0.3) is 0 Å². The summed E-state index contributed by atoms with van der Waals surface area (Å²) in [5, 5.41) is 9.04. The quantitative estimate of drug-likeness (QED) is 0.807. The van der Waals surface area contributed by atoms with Crippen molar-refractivity contribution in [2.75, 3.05) is 0 Å². The van der Waals surface area contributed by atoms with Gasteiger partial charge in [0.05, 0.1) is 6.10 Å². The number of nitrogens with zero attached hydrogens (tertiary/aromatic N) is 1. The molecule has 0 aliphatic heterocycles. The van der Waals surface area contributed by atoms with Crippen LogP contribution in [0.5, 0.6) is 0 Å². The molecule has 0 saturated carbocycles. The Morgan fingerprint density at radius 3 is 2.83 bits per heavy atom. The number of aliphatic hydroxyl groups excluding tert-OH is 1. The van der Waals surface area contributed by atoms with E-state index in [0.29, 0.717) is 0 Å². The molecule has 12 heavy (non-hydrogen) atoms. The minimum Gasteiger partial charge on any atom is -0.393 e. The molecule has 1 aromatic rings. The van der Waals surface area contributed by atoms with Crippen LogP contribution >= 0.6 is 15.9 Å². The summed E-state index contributed by atoms with van der Waals surface area (Å²) in [5.41, 5.74) is 1.17. The molecule has 66 valence electrons. The van der Waals surface area contributed by atoms with Crippen molar-refractivity contribution in [1.29, 1.82) is 0 Å². The molecule has 0 aromatic carbocycles. The number of aryl methyl sites for hydroxylation is 1. The van der Waals surface area contributed by atoms with E-state index in [1.807, 2.05) is 18.3 Å². The highest BCUT2D eigenvalue weighted by molar-refractivity contribution is 9.10. The molecule has 0 spiro atoms. The average molecular weight is 230 g/mol. The van der Waals surface area contributed by atoms with Gasteiger partial charge in [-0.15, -0.1) is 0 Å². The molecule has 1 rings (SSSR count). The van der Waals surface area contributed by atoms with Crippen molar-refractivity contribution in [1.82, 2.24) is 4.98 Å². The first kappa shape index (κ1) is 9.68. The molecular formula is C9H12BrNO. The molecule has 1 aromatic heterocycles. The maximum absolute atomic E-state index is 9.04. The van der Waals surface area contributed by atoms with Crippen molar-refractivity contribution < 1.29 is 5.11 Å². The van der Waals surface area contributed by atoms with E-state index < -0.39 is 0 Å². The molecule has 1 N–H and O–H groups in total. The summed E-state index contributed by atoms with van der Waals surface area (Å²) in [5.74, 6) is 0. The van der Waals surface area contributed by atoms with Gasteiger partial charge in [0.1, 0.15) is 4.60 Å². The van der Waals surface area contributed by atoms with E-state index in [9.17, 15) is 0 Å². The smallest absolute Gasteiger partial charge is 0.106 e. The Morgan fingerprint density at radius 2 is 2.33 bits per heavy atom. The van der Waals surface area contributed by atoms with Crippen molar-refractivity contribution in [2.24, 2.45) is 0 Å². The molecule has 1 atom stereocenters. The number of aromatic nitrogens is 1. The Hall–Kier alpha value is -0.410. The Morgan fingerprint density at radius 1 is 1.58 bits per heavy atom. The second-order valence-electron chi connectivity index (χ2n) is 2.88. The van der Waals surface area contributed by atoms with Crippen LogP contribution in [-0.2, 0) is 6.42 Å². The van der Waals surface area contributed by atoms with E-state index in [1.54, 1.807) is 6.92 Å². The number of halogens is 1. The molecule has 0 saturated heterocycles. The fourth-order valence-corrected chi connectivity index (χ4v) is 1.16. The topological polar surface area (TPSA) is 33.1 Å². The molecular weight excluding hydrogens is 218 g/mol. The Labute approximate surface area is 80.8 Å². The van der Waals surface area contributed by atoms with Gasteiger partial charge in [-0.25, -0.2) is 4.98 Å². The van der Waals surface area contributed by atoms with Gasteiger partial charge in [-0.05, 0) is 47.3 Å². The molecule has 0 bridgehead atoms. The maximum Gasteiger partial charge on any atom is 0.106 e. The van der Waals surface area contributed by atoms with Gasteiger partial charge in [-0.2, -0.15) is 0 Å². The predicted octanol–water partition coefficient (Wildman–Crippen LogP) is 2.16. The van der Waals surface area contributed by atoms with Crippen LogP contribution in [0.25, 0.3) is 0 Å². The third-order valence-electron chi connectivity index (χ3n) is 1.64. The Balaban J connectivity index is 2.48. The van der Waals surface area contributed by atoms with Crippen LogP contribution in [0.3, 0.4) is 0 Å². The number of aliphatic hydroxyl groups is 1. The van der Waals surface area contributed by atoms with E-state index in [1.165, 1.54) is 5.56 Å². The van der Waals surface area contributed by atoms with E-state index in [-0.39, 0.29) is 6.10 Å². The third-order valence-corrected chi connectivity index (χ3v) is 2.11. The molecule has 1 heterocycles. The lowest BCUT2D eigenvalue weighted by atomic mass is 10.1. The third kappa shape index (κ3) is 3.32.